The van der Waals surface area contributed by atoms with E-state index in [0.29, 0.717) is 29.8 Å². The van der Waals surface area contributed by atoms with Gasteiger partial charge in [0.25, 0.3) is 0 Å². The Hall–Kier alpha value is -2.54. The highest BCUT2D eigenvalue weighted by atomic mass is 16.5. The molecule has 2 unspecified atom stereocenters. The van der Waals surface area contributed by atoms with Gasteiger partial charge in [0.2, 0.25) is 0 Å². The normalized spacial score (nSPS) is 18.1. The van der Waals surface area contributed by atoms with Crippen LogP contribution in [0.5, 0.6) is 11.5 Å². The van der Waals surface area contributed by atoms with E-state index in [4.69, 9.17) is 9.47 Å². The van der Waals surface area contributed by atoms with E-state index in [0.717, 1.165) is 24.5 Å². The van der Waals surface area contributed by atoms with Gasteiger partial charge in [-0.1, -0.05) is 6.92 Å². The second-order valence-corrected chi connectivity index (χ2v) is 7.00. The summed E-state index contributed by atoms with van der Waals surface area (Å²) in [5, 5.41) is 13.7. The predicted octanol–water partition coefficient (Wildman–Crippen LogP) is 2.88. The largest absolute Gasteiger partial charge is 0.497 e. The number of anilines is 2. The van der Waals surface area contributed by atoms with Gasteiger partial charge in [-0.2, -0.15) is 0 Å². The zero-order valence-corrected chi connectivity index (χ0v) is 16.2. The number of aliphatic hydroxyl groups excluding tert-OH is 1. The maximum absolute atomic E-state index is 10.5. The fourth-order valence-electron chi connectivity index (χ4n) is 3.36. The van der Waals surface area contributed by atoms with E-state index < -0.39 is 6.10 Å². The molecule has 7 heteroatoms. The minimum Gasteiger partial charge on any atom is -0.497 e. The van der Waals surface area contributed by atoms with Crippen LogP contribution in [0.3, 0.4) is 0 Å². The topological polar surface area (TPSA) is 79.7 Å². The highest BCUT2D eigenvalue weighted by Crippen LogP contribution is 2.27. The second-order valence-electron chi connectivity index (χ2n) is 7.00. The van der Waals surface area contributed by atoms with Crippen molar-refractivity contribution in [1.29, 1.82) is 0 Å². The maximum atomic E-state index is 10.5. The van der Waals surface area contributed by atoms with Crippen LogP contribution in [-0.2, 0) is 0 Å². The Balaban J connectivity index is 1.65. The summed E-state index contributed by atoms with van der Waals surface area (Å²) in [7, 11) is 3.18. The molecule has 0 saturated carbocycles. The van der Waals surface area contributed by atoms with E-state index in [1.807, 2.05) is 6.07 Å². The molecule has 1 aliphatic heterocycles. The number of hydrogen-bond acceptors (Lipinski definition) is 7. The summed E-state index contributed by atoms with van der Waals surface area (Å²) >= 11 is 0. The van der Waals surface area contributed by atoms with Crippen molar-refractivity contribution in [3.05, 3.63) is 36.2 Å². The van der Waals surface area contributed by atoms with Crippen LogP contribution in [0.4, 0.5) is 11.6 Å². The third kappa shape index (κ3) is 5.01. The first-order valence-corrected chi connectivity index (χ1v) is 9.31. The SMILES string of the molecule is COc1cc(OC)cc(C(O)CNc2cc(N3CCCC(C)C3)ncn2)c1. The molecule has 1 aromatic heterocycles. The first-order valence-electron chi connectivity index (χ1n) is 9.31. The summed E-state index contributed by atoms with van der Waals surface area (Å²) in [6, 6.07) is 7.32. The molecule has 2 aromatic rings. The number of benzene rings is 1. The molecule has 3 rings (SSSR count). The molecule has 0 aliphatic carbocycles. The molecule has 2 N–H and O–H groups in total. The Kier molecular flexibility index (Phi) is 6.34. The number of aliphatic hydroxyl groups is 1. The molecule has 2 heterocycles. The van der Waals surface area contributed by atoms with Crippen LogP contribution in [0.25, 0.3) is 0 Å². The number of hydrogen-bond donors (Lipinski definition) is 2. The van der Waals surface area contributed by atoms with Crippen LogP contribution in [0.15, 0.2) is 30.6 Å². The van der Waals surface area contributed by atoms with E-state index in [9.17, 15) is 5.11 Å². The zero-order valence-electron chi connectivity index (χ0n) is 16.2. The average molecular weight is 372 g/mol. The lowest BCUT2D eigenvalue weighted by Gasteiger charge is -2.31. The van der Waals surface area contributed by atoms with Gasteiger partial charge < -0.3 is 24.8 Å². The molecule has 1 aromatic carbocycles. The summed E-state index contributed by atoms with van der Waals surface area (Å²) in [4.78, 5) is 11.0. The van der Waals surface area contributed by atoms with Crippen molar-refractivity contribution < 1.29 is 14.6 Å². The summed E-state index contributed by atoms with van der Waals surface area (Å²) in [5.74, 6) is 3.59. The monoisotopic (exact) mass is 372 g/mol. The van der Waals surface area contributed by atoms with Crippen molar-refractivity contribution in [3.8, 4) is 11.5 Å². The van der Waals surface area contributed by atoms with Gasteiger partial charge in [0, 0.05) is 31.8 Å². The van der Waals surface area contributed by atoms with Crippen molar-refractivity contribution in [3.63, 3.8) is 0 Å². The highest BCUT2D eigenvalue weighted by molar-refractivity contribution is 5.49. The van der Waals surface area contributed by atoms with Crippen molar-refractivity contribution in [1.82, 2.24) is 9.97 Å². The third-order valence-electron chi connectivity index (χ3n) is 4.87. The fourth-order valence-corrected chi connectivity index (χ4v) is 3.36. The van der Waals surface area contributed by atoms with Crippen LogP contribution in [-0.4, -0.2) is 48.9 Å². The number of ether oxygens (including phenoxy) is 2. The van der Waals surface area contributed by atoms with E-state index >= 15 is 0 Å². The summed E-state index contributed by atoms with van der Waals surface area (Å²) < 4.78 is 10.5. The minimum atomic E-state index is -0.720. The lowest BCUT2D eigenvalue weighted by atomic mass is 10.0. The van der Waals surface area contributed by atoms with Gasteiger partial charge in [-0.05, 0) is 36.5 Å². The first-order chi connectivity index (χ1) is 13.1. The van der Waals surface area contributed by atoms with Gasteiger partial charge in [0.05, 0.1) is 20.3 Å². The molecular formula is C20H28N4O3. The third-order valence-corrected chi connectivity index (χ3v) is 4.87. The summed E-state index contributed by atoms with van der Waals surface area (Å²) in [5.41, 5.74) is 0.720. The van der Waals surface area contributed by atoms with Crippen molar-refractivity contribution in [2.45, 2.75) is 25.9 Å². The molecule has 146 valence electrons. The van der Waals surface area contributed by atoms with Crippen LogP contribution < -0.4 is 19.7 Å². The van der Waals surface area contributed by atoms with Crippen LogP contribution in [0, 0.1) is 5.92 Å². The molecule has 1 aliphatic rings. The molecule has 0 spiro atoms. The molecule has 2 atom stereocenters. The van der Waals surface area contributed by atoms with Crippen LogP contribution >= 0.6 is 0 Å². The van der Waals surface area contributed by atoms with E-state index in [1.54, 1.807) is 38.7 Å². The quantitative estimate of drug-likeness (QED) is 0.773. The standard InChI is InChI=1S/C20H28N4O3/c1-14-5-4-6-24(12-14)20-10-19(22-13-23-20)21-11-18(25)15-7-16(26-2)9-17(8-15)27-3/h7-10,13-14,18,25H,4-6,11-12H2,1-3H3,(H,21,22,23). The smallest absolute Gasteiger partial charge is 0.134 e. The zero-order chi connectivity index (χ0) is 19.2. The van der Waals surface area contributed by atoms with E-state index in [2.05, 4.69) is 27.1 Å². The van der Waals surface area contributed by atoms with Gasteiger partial charge in [0.1, 0.15) is 29.5 Å². The van der Waals surface area contributed by atoms with E-state index in [1.165, 1.54) is 12.8 Å². The van der Waals surface area contributed by atoms with Crippen LogP contribution in [0.1, 0.15) is 31.4 Å². The number of nitrogens with zero attached hydrogens (tertiary/aromatic N) is 3. The number of piperidine rings is 1. The lowest BCUT2D eigenvalue weighted by Crippen LogP contribution is -2.34. The first kappa shape index (κ1) is 19.2. The Bertz CT molecular complexity index is 734. The Morgan fingerprint density at radius 3 is 2.59 bits per heavy atom. The Labute approximate surface area is 160 Å². The van der Waals surface area contributed by atoms with Gasteiger partial charge in [-0.15, -0.1) is 0 Å². The van der Waals surface area contributed by atoms with Crippen molar-refractivity contribution in [2.24, 2.45) is 5.92 Å². The summed E-state index contributed by atoms with van der Waals surface area (Å²) in [6.07, 6.45) is 3.30. The van der Waals surface area contributed by atoms with Gasteiger partial charge in [-0.3, -0.25) is 0 Å². The maximum Gasteiger partial charge on any atom is 0.134 e. The number of rotatable bonds is 7. The average Bonchev–Trinajstić information content (AvgIpc) is 2.71. The van der Waals surface area contributed by atoms with Gasteiger partial charge >= 0.3 is 0 Å². The molecule has 0 bridgehead atoms. The number of methoxy groups -OCH3 is 2. The molecule has 1 fully saturated rings. The van der Waals surface area contributed by atoms with Gasteiger partial charge in [-0.25, -0.2) is 9.97 Å². The molecule has 27 heavy (non-hydrogen) atoms. The molecule has 1 saturated heterocycles. The van der Waals surface area contributed by atoms with Crippen molar-refractivity contribution >= 4 is 11.6 Å². The summed E-state index contributed by atoms with van der Waals surface area (Å²) in [6.45, 7) is 4.63. The highest BCUT2D eigenvalue weighted by Gasteiger charge is 2.18. The van der Waals surface area contributed by atoms with Crippen molar-refractivity contribution in [2.75, 3.05) is 44.1 Å². The fraction of sp³-hybridized carbons (Fsp3) is 0.500. The van der Waals surface area contributed by atoms with Crippen LogP contribution in [0.2, 0.25) is 0 Å². The molecule has 7 nitrogen and oxygen atoms in total. The number of nitrogens with one attached hydrogen (secondary N) is 1. The molecule has 0 radical (unpaired) electrons. The minimum absolute atomic E-state index is 0.323. The molecular weight excluding hydrogens is 344 g/mol. The van der Waals surface area contributed by atoms with Gasteiger partial charge in [0.15, 0.2) is 0 Å². The van der Waals surface area contributed by atoms with E-state index in [-0.39, 0.29) is 0 Å². The molecule has 0 amide bonds. The lowest BCUT2D eigenvalue weighted by molar-refractivity contribution is 0.190. The predicted molar refractivity (Wildman–Crippen MR) is 106 cm³/mol. The Morgan fingerprint density at radius 2 is 1.93 bits per heavy atom. The Morgan fingerprint density at radius 1 is 1.19 bits per heavy atom. The second kappa shape index (κ2) is 8.90. The number of aromatic nitrogens is 2.